The third-order valence-electron chi connectivity index (χ3n) is 4.86. The highest BCUT2D eigenvalue weighted by molar-refractivity contribution is 5.89. The number of hydrogen-bond donors (Lipinski definition) is 2. The standard InChI is InChI=1S/C25H21NO3/c1-17-11-14-20(15-12-17)29-25(28)26-24(19-8-3-2-4-9-19)23-21-10-6-5-7-18(21)13-16-22(23)27/h2-16,24,27H,1H3,(H,26,28). The van der Waals surface area contributed by atoms with E-state index in [1.54, 1.807) is 18.2 Å². The molecule has 4 rings (SSSR count). The molecular formula is C25H21NO3. The zero-order chi connectivity index (χ0) is 20.2. The van der Waals surface area contributed by atoms with E-state index in [0.29, 0.717) is 11.3 Å². The molecule has 4 aromatic carbocycles. The second-order valence-electron chi connectivity index (χ2n) is 6.91. The molecule has 0 aliphatic carbocycles. The Hall–Kier alpha value is -3.79. The van der Waals surface area contributed by atoms with Crippen molar-refractivity contribution in [1.82, 2.24) is 5.32 Å². The van der Waals surface area contributed by atoms with E-state index in [9.17, 15) is 9.90 Å². The largest absolute Gasteiger partial charge is 0.508 e. The maximum Gasteiger partial charge on any atom is 0.413 e. The summed E-state index contributed by atoms with van der Waals surface area (Å²) in [6.07, 6.45) is -0.588. The van der Waals surface area contributed by atoms with Gasteiger partial charge in [0.15, 0.2) is 0 Å². The predicted octanol–water partition coefficient (Wildman–Crippen LogP) is 5.73. The number of carbonyl (C=O) groups excluding carboxylic acids is 1. The molecule has 0 saturated carbocycles. The average Bonchev–Trinajstić information content (AvgIpc) is 2.75. The molecule has 0 radical (unpaired) electrons. The van der Waals surface area contributed by atoms with Crippen molar-refractivity contribution in [3.8, 4) is 11.5 Å². The third kappa shape index (κ3) is 4.06. The number of rotatable bonds is 4. The van der Waals surface area contributed by atoms with Crippen molar-refractivity contribution in [2.24, 2.45) is 0 Å². The lowest BCUT2D eigenvalue weighted by atomic mass is 9.93. The van der Waals surface area contributed by atoms with Crippen molar-refractivity contribution in [3.63, 3.8) is 0 Å². The zero-order valence-electron chi connectivity index (χ0n) is 16.0. The molecule has 1 unspecified atom stereocenters. The summed E-state index contributed by atoms with van der Waals surface area (Å²) in [5.74, 6) is 0.579. The Kier molecular flexibility index (Phi) is 5.16. The van der Waals surface area contributed by atoms with Gasteiger partial charge in [-0.25, -0.2) is 4.79 Å². The normalized spacial score (nSPS) is 11.8. The minimum Gasteiger partial charge on any atom is -0.508 e. The zero-order valence-corrected chi connectivity index (χ0v) is 16.0. The van der Waals surface area contributed by atoms with Crippen LogP contribution in [0.15, 0.2) is 91.0 Å². The van der Waals surface area contributed by atoms with Crippen LogP contribution in [0.3, 0.4) is 0 Å². The number of fused-ring (bicyclic) bond motifs is 1. The van der Waals surface area contributed by atoms with Crippen molar-refractivity contribution in [3.05, 3.63) is 108 Å². The van der Waals surface area contributed by atoms with Crippen molar-refractivity contribution in [1.29, 1.82) is 0 Å². The van der Waals surface area contributed by atoms with E-state index < -0.39 is 12.1 Å². The van der Waals surface area contributed by atoms with Crippen LogP contribution in [0.1, 0.15) is 22.7 Å². The fourth-order valence-electron chi connectivity index (χ4n) is 3.42. The van der Waals surface area contributed by atoms with E-state index in [0.717, 1.165) is 21.9 Å². The van der Waals surface area contributed by atoms with Gasteiger partial charge >= 0.3 is 6.09 Å². The van der Waals surface area contributed by atoms with Gasteiger partial charge in [-0.05, 0) is 41.5 Å². The monoisotopic (exact) mass is 383 g/mol. The molecule has 0 bridgehead atoms. The van der Waals surface area contributed by atoms with Gasteiger partial charge in [-0.1, -0.05) is 78.4 Å². The van der Waals surface area contributed by atoms with Gasteiger partial charge < -0.3 is 15.2 Å². The summed E-state index contributed by atoms with van der Waals surface area (Å²) in [4.78, 5) is 12.7. The first-order chi connectivity index (χ1) is 14.1. The Labute approximate surface area is 169 Å². The summed E-state index contributed by atoms with van der Waals surface area (Å²) in [5.41, 5.74) is 2.57. The fraction of sp³-hybridized carbons (Fsp3) is 0.0800. The van der Waals surface area contributed by atoms with Crippen molar-refractivity contribution >= 4 is 16.9 Å². The second kappa shape index (κ2) is 8.07. The Morgan fingerprint density at radius 1 is 0.862 bits per heavy atom. The lowest BCUT2D eigenvalue weighted by Crippen LogP contribution is -2.32. The van der Waals surface area contributed by atoms with Crippen molar-refractivity contribution in [2.45, 2.75) is 13.0 Å². The van der Waals surface area contributed by atoms with Gasteiger partial charge in [0.25, 0.3) is 0 Å². The lowest BCUT2D eigenvalue weighted by Gasteiger charge is -2.22. The summed E-state index contributed by atoms with van der Waals surface area (Å²) < 4.78 is 5.46. The van der Waals surface area contributed by atoms with E-state index in [1.165, 1.54) is 0 Å². The second-order valence-corrected chi connectivity index (χ2v) is 6.91. The summed E-state index contributed by atoms with van der Waals surface area (Å²) in [7, 11) is 0. The summed E-state index contributed by atoms with van der Waals surface area (Å²) in [6.45, 7) is 1.97. The molecule has 0 saturated heterocycles. The van der Waals surface area contributed by atoms with Crippen LogP contribution in [0.5, 0.6) is 11.5 Å². The number of phenols is 1. The molecule has 0 fully saturated rings. The topological polar surface area (TPSA) is 58.6 Å². The number of carbonyl (C=O) groups is 1. The van der Waals surface area contributed by atoms with Crippen LogP contribution in [0.2, 0.25) is 0 Å². The summed E-state index contributed by atoms with van der Waals surface area (Å²) >= 11 is 0. The van der Waals surface area contributed by atoms with Gasteiger partial charge in [-0.15, -0.1) is 0 Å². The fourth-order valence-corrected chi connectivity index (χ4v) is 3.42. The number of aromatic hydroxyl groups is 1. The van der Waals surface area contributed by atoms with E-state index in [-0.39, 0.29) is 5.75 Å². The average molecular weight is 383 g/mol. The molecule has 1 amide bonds. The molecule has 0 aliphatic heterocycles. The van der Waals surface area contributed by atoms with Gasteiger partial charge in [0.05, 0.1) is 6.04 Å². The van der Waals surface area contributed by atoms with E-state index >= 15 is 0 Å². The van der Waals surface area contributed by atoms with Gasteiger partial charge in [0.2, 0.25) is 0 Å². The number of benzene rings is 4. The minimum absolute atomic E-state index is 0.119. The van der Waals surface area contributed by atoms with E-state index in [4.69, 9.17) is 4.74 Å². The number of phenolic OH excluding ortho intramolecular Hbond substituents is 1. The van der Waals surface area contributed by atoms with Gasteiger partial charge in [0.1, 0.15) is 11.5 Å². The smallest absolute Gasteiger partial charge is 0.413 e. The van der Waals surface area contributed by atoms with Crippen LogP contribution < -0.4 is 10.1 Å². The highest BCUT2D eigenvalue weighted by Gasteiger charge is 2.23. The Morgan fingerprint density at radius 3 is 2.31 bits per heavy atom. The number of aryl methyl sites for hydroxylation is 1. The molecule has 0 aromatic heterocycles. The molecule has 2 N–H and O–H groups in total. The van der Waals surface area contributed by atoms with Crippen LogP contribution in [0, 0.1) is 6.92 Å². The molecule has 0 spiro atoms. The summed E-state index contributed by atoms with van der Waals surface area (Å²) in [6, 6.07) is 27.5. The molecule has 4 nitrogen and oxygen atoms in total. The van der Waals surface area contributed by atoms with Gasteiger partial charge in [-0.2, -0.15) is 0 Å². The Morgan fingerprint density at radius 2 is 1.55 bits per heavy atom. The van der Waals surface area contributed by atoms with E-state index in [1.807, 2.05) is 79.7 Å². The predicted molar refractivity (Wildman–Crippen MR) is 114 cm³/mol. The molecule has 29 heavy (non-hydrogen) atoms. The van der Waals surface area contributed by atoms with Crippen LogP contribution in [-0.2, 0) is 0 Å². The molecular weight excluding hydrogens is 362 g/mol. The first kappa shape index (κ1) is 18.6. The van der Waals surface area contributed by atoms with Crippen LogP contribution in [0.25, 0.3) is 10.8 Å². The first-order valence-corrected chi connectivity index (χ1v) is 9.42. The van der Waals surface area contributed by atoms with Crippen LogP contribution in [-0.4, -0.2) is 11.2 Å². The van der Waals surface area contributed by atoms with E-state index in [2.05, 4.69) is 5.32 Å². The van der Waals surface area contributed by atoms with Gasteiger partial charge in [-0.3, -0.25) is 0 Å². The quantitative estimate of drug-likeness (QED) is 0.473. The van der Waals surface area contributed by atoms with Crippen LogP contribution in [0.4, 0.5) is 4.79 Å². The Bertz CT molecular complexity index is 1140. The molecule has 0 aliphatic rings. The molecule has 4 aromatic rings. The highest BCUT2D eigenvalue weighted by atomic mass is 16.6. The summed E-state index contributed by atoms with van der Waals surface area (Å²) in [5, 5.41) is 15.5. The highest BCUT2D eigenvalue weighted by Crippen LogP contribution is 2.35. The number of hydrogen-bond acceptors (Lipinski definition) is 3. The number of amides is 1. The number of ether oxygens (including phenoxy) is 1. The molecule has 0 heterocycles. The Balaban J connectivity index is 1.73. The number of nitrogens with one attached hydrogen (secondary N) is 1. The maximum atomic E-state index is 12.7. The first-order valence-electron chi connectivity index (χ1n) is 9.42. The SMILES string of the molecule is Cc1ccc(OC(=O)NC(c2ccccc2)c2c(O)ccc3ccccc23)cc1. The minimum atomic E-state index is -0.588. The lowest BCUT2D eigenvalue weighted by molar-refractivity contribution is 0.198. The molecule has 4 heteroatoms. The van der Waals surface area contributed by atoms with Gasteiger partial charge in [0, 0.05) is 5.56 Å². The molecule has 1 atom stereocenters. The van der Waals surface area contributed by atoms with Crippen molar-refractivity contribution in [2.75, 3.05) is 0 Å². The third-order valence-corrected chi connectivity index (χ3v) is 4.86. The van der Waals surface area contributed by atoms with Crippen LogP contribution >= 0.6 is 0 Å². The maximum absolute atomic E-state index is 12.7. The van der Waals surface area contributed by atoms with Crippen molar-refractivity contribution < 1.29 is 14.6 Å². The molecule has 144 valence electrons.